The summed E-state index contributed by atoms with van der Waals surface area (Å²) in [5.41, 5.74) is 4.32. The lowest BCUT2D eigenvalue weighted by Crippen LogP contribution is -2.17. The molecule has 0 fully saturated rings. The number of carbonyl (C=O) groups is 1. The van der Waals surface area contributed by atoms with Crippen LogP contribution in [0.4, 0.5) is 5.69 Å². The van der Waals surface area contributed by atoms with Crippen molar-refractivity contribution in [3.8, 4) is 0 Å². The largest absolute Gasteiger partial charge is 0.271 e. The summed E-state index contributed by atoms with van der Waals surface area (Å²) in [5, 5.41) is 14.5. The maximum atomic E-state index is 11.8. The average molecular weight is 283 g/mol. The summed E-state index contributed by atoms with van der Waals surface area (Å²) >= 11 is 0. The highest BCUT2D eigenvalue weighted by atomic mass is 16.6. The van der Waals surface area contributed by atoms with Gasteiger partial charge in [-0.25, -0.2) is 5.43 Å². The van der Waals surface area contributed by atoms with Crippen molar-refractivity contribution in [2.45, 2.75) is 6.92 Å². The van der Waals surface area contributed by atoms with Crippen molar-refractivity contribution in [3.05, 3.63) is 75.3 Å². The third kappa shape index (κ3) is 3.73. The number of hydrogen-bond acceptors (Lipinski definition) is 4. The first-order chi connectivity index (χ1) is 10.1. The second kappa shape index (κ2) is 6.42. The number of rotatable bonds is 4. The molecule has 0 heterocycles. The molecule has 2 aromatic carbocycles. The Morgan fingerprint density at radius 2 is 2.00 bits per heavy atom. The first kappa shape index (κ1) is 14.4. The van der Waals surface area contributed by atoms with Crippen molar-refractivity contribution in [2.24, 2.45) is 5.10 Å². The third-order valence-electron chi connectivity index (χ3n) is 2.88. The smallest absolute Gasteiger partial charge is 0.267 e. The molecule has 0 aliphatic rings. The molecule has 6 heteroatoms. The first-order valence-corrected chi connectivity index (χ1v) is 6.21. The van der Waals surface area contributed by atoms with Gasteiger partial charge in [-0.2, -0.15) is 5.10 Å². The van der Waals surface area contributed by atoms with E-state index < -0.39 is 10.8 Å². The fourth-order valence-corrected chi connectivity index (χ4v) is 1.72. The highest BCUT2D eigenvalue weighted by Gasteiger charge is 2.10. The maximum absolute atomic E-state index is 11.8. The molecule has 106 valence electrons. The SMILES string of the molecule is Cc1ccccc1C=NNC(=O)c1cccc([N+](=O)[O-])c1. The maximum Gasteiger partial charge on any atom is 0.271 e. The van der Waals surface area contributed by atoms with Crippen LogP contribution < -0.4 is 5.43 Å². The molecular weight excluding hydrogens is 270 g/mol. The van der Waals surface area contributed by atoms with E-state index in [1.54, 1.807) is 0 Å². The van der Waals surface area contributed by atoms with Crippen LogP contribution in [0.25, 0.3) is 0 Å². The summed E-state index contributed by atoms with van der Waals surface area (Å²) in [6.45, 7) is 1.93. The molecule has 0 spiro atoms. The van der Waals surface area contributed by atoms with Gasteiger partial charge < -0.3 is 0 Å². The van der Waals surface area contributed by atoms with Gasteiger partial charge in [0, 0.05) is 17.7 Å². The minimum atomic E-state index is -0.548. The van der Waals surface area contributed by atoms with Gasteiger partial charge in [-0.1, -0.05) is 30.3 Å². The van der Waals surface area contributed by atoms with Crippen LogP contribution in [0, 0.1) is 17.0 Å². The Balaban J connectivity index is 2.07. The van der Waals surface area contributed by atoms with Crippen molar-refractivity contribution in [1.82, 2.24) is 5.43 Å². The summed E-state index contributed by atoms with van der Waals surface area (Å²) in [4.78, 5) is 22.0. The number of non-ortho nitro benzene ring substituents is 1. The molecule has 0 aromatic heterocycles. The van der Waals surface area contributed by atoms with Gasteiger partial charge in [-0.15, -0.1) is 0 Å². The molecule has 2 aromatic rings. The first-order valence-electron chi connectivity index (χ1n) is 6.21. The molecule has 0 radical (unpaired) electrons. The van der Waals surface area contributed by atoms with E-state index in [1.165, 1.54) is 30.5 Å². The molecular formula is C15H13N3O3. The standard InChI is InChI=1S/C15H13N3O3/c1-11-5-2-3-6-13(11)10-16-17-15(19)12-7-4-8-14(9-12)18(20)21/h2-10H,1H3,(H,17,19). The summed E-state index contributed by atoms with van der Waals surface area (Å²) in [7, 11) is 0. The predicted octanol–water partition coefficient (Wildman–Crippen LogP) is 2.67. The molecule has 6 nitrogen and oxygen atoms in total. The van der Waals surface area contributed by atoms with Gasteiger partial charge in [0.05, 0.1) is 11.1 Å². The molecule has 0 atom stereocenters. The van der Waals surface area contributed by atoms with E-state index in [0.29, 0.717) is 0 Å². The number of benzene rings is 2. The van der Waals surface area contributed by atoms with Crippen LogP contribution in [-0.4, -0.2) is 17.0 Å². The zero-order valence-corrected chi connectivity index (χ0v) is 11.3. The van der Waals surface area contributed by atoms with Crippen molar-refractivity contribution >= 4 is 17.8 Å². The van der Waals surface area contributed by atoms with Crippen LogP contribution in [0.15, 0.2) is 53.6 Å². The van der Waals surface area contributed by atoms with Gasteiger partial charge in [0.25, 0.3) is 11.6 Å². The van der Waals surface area contributed by atoms with Gasteiger partial charge >= 0.3 is 0 Å². The van der Waals surface area contributed by atoms with E-state index in [0.717, 1.165) is 11.1 Å². The number of hydrazone groups is 1. The van der Waals surface area contributed by atoms with Crippen LogP contribution in [-0.2, 0) is 0 Å². The normalized spacial score (nSPS) is 10.5. The topological polar surface area (TPSA) is 84.6 Å². The molecule has 0 aliphatic carbocycles. The summed E-state index contributed by atoms with van der Waals surface area (Å²) in [6, 6.07) is 13.1. The predicted molar refractivity (Wildman–Crippen MR) is 79.3 cm³/mol. The molecule has 21 heavy (non-hydrogen) atoms. The van der Waals surface area contributed by atoms with Gasteiger partial charge in [0.1, 0.15) is 0 Å². The molecule has 1 amide bonds. The lowest BCUT2D eigenvalue weighted by atomic mass is 10.1. The van der Waals surface area contributed by atoms with Crippen LogP contribution in [0.2, 0.25) is 0 Å². The molecule has 0 aliphatic heterocycles. The van der Waals surface area contributed by atoms with Crippen LogP contribution in [0.3, 0.4) is 0 Å². The van der Waals surface area contributed by atoms with Crippen molar-refractivity contribution < 1.29 is 9.72 Å². The van der Waals surface area contributed by atoms with E-state index in [9.17, 15) is 14.9 Å². The Labute approximate surface area is 121 Å². The quantitative estimate of drug-likeness (QED) is 0.532. The van der Waals surface area contributed by atoms with E-state index in [-0.39, 0.29) is 11.3 Å². The van der Waals surface area contributed by atoms with E-state index in [1.807, 2.05) is 31.2 Å². The Bertz CT molecular complexity index is 711. The second-order valence-corrected chi connectivity index (χ2v) is 4.36. The number of nitro benzene ring substituents is 1. The van der Waals surface area contributed by atoms with Crippen LogP contribution in [0.5, 0.6) is 0 Å². The molecule has 1 N–H and O–H groups in total. The lowest BCUT2D eigenvalue weighted by molar-refractivity contribution is -0.384. The highest BCUT2D eigenvalue weighted by molar-refractivity contribution is 5.95. The molecule has 0 saturated heterocycles. The van der Waals surface area contributed by atoms with Crippen LogP contribution >= 0.6 is 0 Å². The Morgan fingerprint density at radius 3 is 2.71 bits per heavy atom. The number of carbonyl (C=O) groups excluding carboxylic acids is 1. The fourth-order valence-electron chi connectivity index (χ4n) is 1.72. The number of aryl methyl sites for hydroxylation is 1. The molecule has 0 saturated carbocycles. The number of hydrogen-bond donors (Lipinski definition) is 1. The van der Waals surface area contributed by atoms with Gasteiger partial charge in [-0.05, 0) is 24.1 Å². The van der Waals surface area contributed by atoms with E-state index in [2.05, 4.69) is 10.5 Å². The summed E-state index contributed by atoms with van der Waals surface area (Å²) in [5.74, 6) is -0.497. The summed E-state index contributed by atoms with van der Waals surface area (Å²) < 4.78 is 0. The van der Waals surface area contributed by atoms with Crippen molar-refractivity contribution in [3.63, 3.8) is 0 Å². The molecule has 0 unspecified atom stereocenters. The zero-order chi connectivity index (χ0) is 15.2. The number of nitrogens with zero attached hydrogens (tertiary/aromatic N) is 2. The highest BCUT2D eigenvalue weighted by Crippen LogP contribution is 2.12. The lowest BCUT2D eigenvalue weighted by Gasteiger charge is -2.01. The van der Waals surface area contributed by atoms with Crippen molar-refractivity contribution in [2.75, 3.05) is 0 Å². The van der Waals surface area contributed by atoms with Gasteiger partial charge in [-0.3, -0.25) is 14.9 Å². The fraction of sp³-hybridized carbons (Fsp3) is 0.0667. The Morgan fingerprint density at radius 1 is 1.24 bits per heavy atom. The van der Waals surface area contributed by atoms with Crippen molar-refractivity contribution in [1.29, 1.82) is 0 Å². The average Bonchev–Trinajstić information content (AvgIpc) is 2.49. The van der Waals surface area contributed by atoms with E-state index >= 15 is 0 Å². The monoisotopic (exact) mass is 283 g/mol. The Hall–Kier alpha value is -3.02. The van der Waals surface area contributed by atoms with Crippen LogP contribution in [0.1, 0.15) is 21.5 Å². The van der Waals surface area contributed by atoms with Gasteiger partial charge in [0.2, 0.25) is 0 Å². The molecule has 2 rings (SSSR count). The zero-order valence-electron chi connectivity index (χ0n) is 11.3. The minimum Gasteiger partial charge on any atom is -0.267 e. The minimum absolute atomic E-state index is 0.134. The third-order valence-corrected chi connectivity index (χ3v) is 2.88. The number of nitrogens with one attached hydrogen (secondary N) is 1. The van der Waals surface area contributed by atoms with E-state index in [4.69, 9.17) is 0 Å². The Kier molecular flexibility index (Phi) is 4.40. The number of nitro groups is 1. The molecule has 0 bridgehead atoms. The number of amides is 1. The summed E-state index contributed by atoms with van der Waals surface area (Å²) in [6.07, 6.45) is 1.53. The second-order valence-electron chi connectivity index (χ2n) is 4.36. The van der Waals surface area contributed by atoms with Gasteiger partial charge in [0.15, 0.2) is 0 Å².